The van der Waals surface area contributed by atoms with E-state index in [0.717, 1.165) is 4.47 Å². The van der Waals surface area contributed by atoms with Gasteiger partial charge in [0.15, 0.2) is 6.10 Å². The fourth-order valence-corrected chi connectivity index (χ4v) is 2.16. The summed E-state index contributed by atoms with van der Waals surface area (Å²) >= 11 is 3.35. The average molecular weight is 380 g/mol. The molecule has 0 aliphatic carbocycles. The van der Waals surface area contributed by atoms with Gasteiger partial charge in [0.2, 0.25) is 0 Å². The minimum absolute atomic E-state index is 0.261. The Balaban J connectivity index is 2.04. The van der Waals surface area contributed by atoms with Gasteiger partial charge >= 0.3 is 0 Å². The first kappa shape index (κ1) is 17.1. The molecule has 1 unspecified atom stereocenters. The van der Waals surface area contributed by atoms with Crippen LogP contribution in [0.1, 0.15) is 6.92 Å². The summed E-state index contributed by atoms with van der Waals surface area (Å²) < 4.78 is 16.9. The molecule has 5 nitrogen and oxygen atoms in total. The number of rotatable bonds is 6. The fraction of sp³-hybridized carbons (Fsp3) is 0.235. The van der Waals surface area contributed by atoms with Crippen molar-refractivity contribution in [2.45, 2.75) is 13.0 Å². The Morgan fingerprint density at radius 3 is 2.09 bits per heavy atom. The van der Waals surface area contributed by atoms with Gasteiger partial charge in [-0.1, -0.05) is 15.9 Å². The summed E-state index contributed by atoms with van der Waals surface area (Å²) in [5.41, 5.74) is 0.581. The number of hydrogen-bond donors (Lipinski definition) is 1. The number of ether oxygens (including phenoxy) is 3. The zero-order chi connectivity index (χ0) is 16.8. The van der Waals surface area contributed by atoms with Crippen molar-refractivity contribution in [1.29, 1.82) is 0 Å². The van der Waals surface area contributed by atoms with Gasteiger partial charge in [-0.2, -0.15) is 0 Å². The van der Waals surface area contributed by atoms with Crippen LogP contribution in [-0.4, -0.2) is 26.2 Å². The molecule has 0 bridgehead atoms. The molecule has 0 aromatic heterocycles. The van der Waals surface area contributed by atoms with Crippen LogP contribution in [0.4, 0.5) is 5.69 Å². The van der Waals surface area contributed by atoms with Gasteiger partial charge in [0.05, 0.1) is 14.2 Å². The molecule has 1 amide bonds. The third-order valence-electron chi connectivity index (χ3n) is 3.11. The maximum absolute atomic E-state index is 12.3. The quantitative estimate of drug-likeness (QED) is 0.827. The number of nitrogens with one attached hydrogen (secondary N) is 1. The number of amides is 1. The SMILES string of the molecule is COc1cc(NC(=O)C(C)Oc2ccc(Br)cc2)cc(OC)c1. The van der Waals surface area contributed by atoms with Crippen LogP contribution in [0.5, 0.6) is 17.2 Å². The first-order valence-corrected chi connectivity index (χ1v) is 7.77. The summed E-state index contributed by atoms with van der Waals surface area (Å²) in [4.78, 5) is 12.3. The third kappa shape index (κ3) is 4.89. The molecule has 0 spiro atoms. The van der Waals surface area contributed by atoms with E-state index in [4.69, 9.17) is 14.2 Å². The number of carbonyl (C=O) groups is 1. The van der Waals surface area contributed by atoms with Crippen molar-refractivity contribution >= 4 is 27.5 Å². The Hall–Kier alpha value is -2.21. The predicted octanol–water partition coefficient (Wildman–Crippen LogP) is 3.87. The summed E-state index contributed by atoms with van der Waals surface area (Å²) in [7, 11) is 3.11. The van der Waals surface area contributed by atoms with Crippen LogP contribution in [0.2, 0.25) is 0 Å². The number of benzene rings is 2. The maximum atomic E-state index is 12.3. The first-order valence-electron chi connectivity index (χ1n) is 6.98. The Morgan fingerprint density at radius 1 is 1.00 bits per heavy atom. The number of hydrogen-bond acceptors (Lipinski definition) is 4. The van der Waals surface area contributed by atoms with Crippen LogP contribution in [0.25, 0.3) is 0 Å². The molecular weight excluding hydrogens is 362 g/mol. The van der Waals surface area contributed by atoms with Crippen molar-refractivity contribution in [3.63, 3.8) is 0 Å². The van der Waals surface area contributed by atoms with Gasteiger partial charge in [0, 0.05) is 28.4 Å². The zero-order valence-electron chi connectivity index (χ0n) is 13.1. The highest BCUT2D eigenvalue weighted by atomic mass is 79.9. The van der Waals surface area contributed by atoms with E-state index in [9.17, 15) is 4.79 Å². The Labute approximate surface area is 143 Å². The van der Waals surface area contributed by atoms with E-state index in [1.165, 1.54) is 0 Å². The van der Waals surface area contributed by atoms with E-state index < -0.39 is 6.10 Å². The number of methoxy groups -OCH3 is 2. The summed E-state index contributed by atoms with van der Waals surface area (Å²) in [6.07, 6.45) is -0.645. The lowest BCUT2D eigenvalue weighted by molar-refractivity contribution is -0.122. The second-order valence-electron chi connectivity index (χ2n) is 4.80. The Morgan fingerprint density at radius 2 is 1.57 bits per heavy atom. The summed E-state index contributed by atoms with van der Waals surface area (Å²) in [5, 5.41) is 2.79. The van der Waals surface area contributed by atoms with Gasteiger partial charge in [0.1, 0.15) is 17.2 Å². The second kappa shape index (κ2) is 7.87. The van der Waals surface area contributed by atoms with Gasteiger partial charge in [-0.3, -0.25) is 4.79 Å². The first-order chi connectivity index (χ1) is 11.0. The normalized spacial score (nSPS) is 11.5. The van der Waals surface area contributed by atoms with Crippen LogP contribution in [0.15, 0.2) is 46.9 Å². The molecule has 122 valence electrons. The molecule has 2 aromatic carbocycles. The van der Waals surface area contributed by atoms with E-state index in [1.54, 1.807) is 51.5 Å². The Bertz CT molecular complexity index is 651. The van der Waals surface area contributed by atoms with Crippen LogP contribution >= 0.6 is 15.9 Å². The highest BCUT2D eigenvalue weighted by Gasteiger charge is 2.15. The average Bonchev–Trinajstić information content (AvgIpc) is 2.56. The van der Waals surface area contributed by atoms with Crippen LogP contribution in [-0.2, 0) is 4.79 Å². The molecule has 0 saturated carbocycles. The molecule has 1 atom stereocenters. The molecule has 2 aromatic rings. The molecule has 0 radical (unpaired) electrons. The molecule has 0 aliphatic rings. The van der Waals surface area contributed by atoms with Gasteiger partial charge in [0.25, 0.3) is 5.91 Å². The van der Waals surface area contributed by atoms with Crippen LogP contribution in [0.3, 0.4) is 0 Å². The minimum atomic E-state index is -0.645. The molecule has 1 N–H and O–H groups in total. The van der Waals surface area contributed by atoms with E-state index in [0.29, 0.717) is 22.9 Å². The van der Waals surface area contributed by atoms with Gasteiger partial charge < -0.3 is 19.5 Å². The summed E-state index contributed by atoms with van der Waals surface area (Å²) in [6, 6.07) is 12.5. The van der Waals surface area contributed by atoms with Gasteiger partial charge in [-0.15, -0.1) is 0 Å². The standard InChI is InChI=1S/C17H18BrNO4/c1-11(23-14-6-4-12(18)5-7-14)17(20)19-13-8-15(21-2)10-16(9-13)22-3/h4-11H,1-3H3,(H,19,20). The topological polar surface area (TPSA) is 56.8 Å². The molecule has 0 saturated heterocycles. The summed E-state index contributed by atoms with van der Waals surface area (Å²) in [6.45, 7) is 1.69. The fourth-order valence-electron chi connectivity index (χ4n) is 1.89. The molecule has 23 heavy (non-hydrogen) atoms. The van der Waals surface area contributed by atoms with Crippen molar-refractivity contribution in [2.24, 2.45) is 0 Å². The second-order valence-corrected chi connectivity index (χ2v) is 5.72. The predicted molar refractivity (Wildman–Crippen MR) is 92.4 cm³/mol. The van der Waals surface area contributed by atoms with E-state index in [1.807, 2.05) is 12.1 Å². The number of anilines is 1. The van der Waals surface area contributed by atoms with Gasteiger partial charge in [-0.05, 0) is 31.2 Å². The van der Waals surface area contributed by atoms with E-state index >= 15 is 0 Å². The maximum Gasteiger partial charge on any atom is 0.265 e. The van der Waals surface area contributed by atoms with Crippen molar-refractivity contribution in [3.05, 3.63) is 46.9 Å². The van der Waals surface area contributed by atoms with Crippen molar-refractivity contribution in [1.82, 2.24) is 0 Å². The summed E-state index contributed by atoms with van der Waals surface area (Å²) in [5.74, 6) is 1.56. The molecule has 0 heterocycles. The monoisotopic (exact) mass is 379 g/mol. The highest BCUT2D eigenvalue weighted by molar-refractivity contribution is 9.10. The lowest BCUT2D eigenvalue weighted by Gasteiger charge is -2.15. The van der Waals surface area contributed by atoms with Crippen LogP contribution < -0.4 is 19.5 Å². The number of halogens is 1. The lowest BCUT2D eigenvalue weighted by Crippen LogP contribution is -2.30. The molecule has 0 fully saturated rings. The van der Waals surface area contributed by atoms with Crippen molar-refractivity contribution < 1.29 is 19.0 Å². The number of carbonyl (C=O) groups excluding carboxylic acids is 1. The highest BCUT2D eigenvalue weighted by Crippen LogP contribution is 2.26. The Kier molecular flexibility index (Phi) is 5.87. The molecular formula is C17H18BrNO4. The largest absolute Gasteiger partial charge is 0.497 e. The smallest absolute Gasteiger partial charge is 0.265 e. The third-order valence-corrected chi connectivity index (χ3v) is 3.64. The zero-order valence-corrected chi connectivity index (χ0v) is 14.7. The van der Waals surface area contributed by atoms with Crippen molar-refractivity contribution in [2.75, 3.05) is 19.5 Å². The molecule has 2 rings (SSSR count). The molecule has 0 aliphatic heterocycles. The van der Waals surface area contributed by atoms with Gasteiger partial charge in [-0.25, -0.2) is 0 Å². The van der Waals surface area contributed by atoms with E-state index in [-0.39, 0.29) is 5.91 Å². The molecule has 6 heteroatoms. The van der Waals surface area contributed by atoms with E-state index in [2.05, 4.69) is 21.2 Å². The van der Waals surface area contributed by atoms with Crippen molar-refractivity contribution in [3.8, 4) is 17.2 Å². The lowest BCUT2D eigenvalue weighted by atomic mass is 10.2. The minimum Gasteiger partial charge on any atom is -0.497 e. The van der Waals surface area contributed by atoms with Crippen LogP contribution in [0, 0.1) is 0 Å².